The van der Waals surface area contributed by atoms with Crippen molar-refractivity contribution in [2.45, 2.75) is 18.9 Å². The van der Waals surface area contributed by atoms with E-state index in [9.17, 15) is 0 Å². The first kappa shape index (κ1) is 12.1. The number of benzene rings is 1. The van der Waals surface area contributed by atoms with E-state index in [4.69, 9.17) is 11.6 Å². The van der Waals surface area contributed by atoms with Crippen LogP contribution in [0.15, 0.2) is 30.5 Å². The number of thioether (sulfide) groups is 1. The molecule has 2 heterocycles. The van der Waals surface area contributed by atoms with Gasteiger partial charge in [0.15, 0.2) is 0 Å². The summed E-state index contributed by atoms with van der Waals surface area (Å²) in [6.45, 7) is 0. The van der Waals surface area contributed by atoms with Crippen molar-refractivity contribution in [2.75, 3.05) is 16.8 Å². The van der Waals surface area contributed by atoms with E-state index in [2.05, 4.69) is 16.4 Å². The van der Waals surface area contributed by atoms with Crippen LogP contribution in [0.4, 0.5) is 5.69 Å². The number of halogens is 1. The predicted molar refractivity (Wildman–Crippen MR) is 80.7 cm³/mol. The minimum absolute atomic E-state index is 0.551. The van der Waals surface area contributed by atoms with Gasteiger partial charge in [0.25, 0.3) is 0 Å². The van der Waals surface area contributed by atoms with E-state index >= 15 is 0 Å². The molecule has 0 radical (unpaired) electrons. The van der Waals surface area contributed by atoms with E-state index in [1.54, 1.807) is 0 Å². The zero-order chi connectivity index (χ0) is 12.4. The van der Waals surface area contributed by atoms with Crippen molar-refractivity contribution in [2.24, 2.45) is 0 Å². The standard InChI is InChI=1S/C14H15ClN2S/c15-11-8-10-2-1-5-16-14(10)13(9-11)17-12-3-6-18-7-4-12/h1-2,5,8-9,12,17H,3-4,6-7H2. The zero-order valence-corrected chi connectivity index (χ0v) is 11.6. The lowest BCUT2D eigenvalue weighted by Gasteiger charge is -2.24. The highest BCUT2D eigenvalue weighted by molar-refractivity contribution is 7.99. The highest BCUT2D eigenvalue weighted by Gasteiger charge is 2.15. The summed E-state index contributed by atoms with van der Waals surface area (Å²) in [6, 6.07) is 8.50. The van der Waals surface area contributed by atoms with Crippen molar-refractivity contribution < 1.29 is 0 Å². The minimum atomic E-state index is 0.551. The average Bonchev–Trinajstić information content (AvgIpc) is 2.40. The Hall–Kier alpha value is -0.930. The third kappa shape index (κ3) is 2.57. The van der Waals surface area contributed by atoms with Crippen LogP contribution in [0.2, 0.25) is 5.02 Å². The number of pyridine rings is 1. The van der Waals surface area contributed by atoms with E-state index < -0.39 is 0 Å². The van der Waals surface area contributed by atoms with Crippen LogP contribution in [0.25, 0.3) is 10.9 Å². The van der Waals surface area contributed by atoms with E-state index in [0.717, 1.165) is 21.6 Å². The fraction of sp³-hybridized carbons (Fsp3) is 0.357. The molecule has 1 N–H and O–H groups in total. The molecular formula is C14H15ClN2S. The van der Waals surface area contributed by atoms with Crippen LogP contribution < -0.4 is 5.32 Å². The number of hydrogen-bond acceptors (Lipinski definition) is 3. The number of fused-ring (bicyclic) bond motifs is 1. The van der Waals surface area contributed by atoms with Crippen molar-refractivity contribution in [3.63, 3.8) is 0 Å². The van der Waals surface area contributed by atoms with Crippen molar-refractivity contribution in [3.05, 3.63) is 35.5 Å². The molecule has 0 saturated carbocycles. The lowest BCUT2D eigenvalue weighted by Crippen LogP contribution is -2.24. The number of rotatable bonds is 2. The van der Waals surface area contributed by atoms with Crippen LogP contribution in [0.3, 0.4) is 0 Å². The lowest BCUT2D eigenvalue weighted by molar-refractivity contribution is 0.667. The summed E-state index contributed by atoms with van der Waals surface area (Å²) in [5.41, 5.74) is 2.08. The zero-order valence-electron chi connectivity index (χ0n) is 10.0. The predicted octanol–water partition coefficient (Wildman–Crippen LogP) is 4.20. The summed E-state index contributed by atoms with van der Waals surface area (Å²) >= 11 is 8.20. The molecule has 1 aliphatic rings. The van der Waals surface area contributed by atoms with Crippen LogP contribution in [-0.2, 0) is 0 Å². The fourth-order valence-electron chi connectivity index (χ4n) is 2.33. The summed E-state index contributed by atoms with van der Waals surface area (Å²) < 4.78 is 0. The van der Waals surface area contributed by atoms with Crippen molar-refractivity contribution >= 4 is 40.0 Å². The van der Waals surface area contributed by atoms with Crippen LogP contribution in [0, 0.1) is 0 Å². The Morgan fingerprint density at radius 1 is 1.28 bits per heavy atom. The number of hydrogen-bond donors (Lipinski definition) is 1. The van der Waals surface area contributed by atoms with Gasteiger partial charge in [-0.05, 0) is 42.5 Å². The first-order chi connectivity index (χ1) is 8.83. The number of nitrogens with zero attached hydrogens (tertiary/aromatic N) is 1. The van der Waals surface area contributed by atoms with Crippen molar-refractivity contribution in [1.82, 2.24) is 4.98 Å². The third-order valence-electron chi connectivity index (χ3n) is 3.25. The molecule has 1 aromatic heterocycles. The maximum absolute atomic E-state index is 6.17. The molecule has 1 saturated heterocycles. The van der Waals surface area contributed by atoms with Crippen LogP contribution in [0.5, 0.6) is 0 Å². The van der Waals surface area contributed by atoms with Gasteiger partial charge in [-0.25, -0.2) is 0 Å². The van der Waals surface area contributed by atoms with Gasteiger partial charge in [-0.2, -0.15) is 11.8 Å². The molecule has 0 aliphatic carbocycles. The van der Waals surface area contributed by atoms with E-state index in [1.165, 1.54) is 24.3 Å². The second kappa shape index (κ2) is 5.37. The fourth-order valence-corrected chi connectivity index (χ4v) is 3.66. The highest BCUT2D eigenvalue weighted by atomic mass is 35.5. The third-order valence-corrected chi connectivity index (χ3v) is 4.52. The molecule has 0 bridgehead atoms. The average molecular weight is 279 g/mol. The molecule has 94 valence electrons. The Morgan fingerprint density at radius 2 is 2.11 bits per heavy atom. The van der Waals surface area contributed by atoms with E-state index in [0.29, 0.717) is 6.04 Å². The first-order valence-corrected chi connectivity index (χ1v) is 7.75. The molecule has 2 nitrogen and oxygen atoms in total. The molecule has 2 aromatic rings. The summed E-state index contributed by atoms with van der Waals surface area (Å²) in [7, 11) is 0. The SMILES string of the molecule is Clc1cc(NC2CCSCC2)c2ncccc2c1. The summed E-state index contributed by atoms with van der Waals surface area (Å²) in [5.74, 6) is 2.48. The summed E-state index contributed by atoms with van der Waals surface area (Å²) in [6.07, 6.45) is 4.26. The molecule has 0 amide bonds. The maximum Gasteiger partial charge on any atom is 0.0934 e. The highest BCUT2D eigenvalue weighted by Crippen LogP contribution is 2.29. The van der Waals surface area contributed by atoms with Crippen LogP contribution in [0.1, 0.15) is 12.8 Å². The Balaban J connectivity index is 1.94. The van der Waals surface area contributed by atoms with E-state index in [1.807, 2.05) is 36.2 Å². The molecule has 1 fully saturated rings. The molecule has 1 aliphatic heterocycles. The molecular weight excluding hydrogens is 264 g/mol. The Morgan fingerprint density at radius 3 is 2.94 bits per heavy atom. The van der Waals surface area contributed by atoms with E-state index in [-0.39, 0.29) is 0 Å². The van der Waals surface area contributed by atoms with Gasteiger partial charge < -0.3 is 5.32 Å². The Bertz CT molecular complexity index is 552. The molecule has 3 rings (SSSR count). The monoisotopic (exact) mass is 278 g/mol. The quantitative estimate of drug-likeness (QED) is 0.891. The Kier molecular flexibility index (Phi) is 3.62. The topological polar surface area (TPSA) is 24.9 Å². The van der Waals surface area contributed by atoms with Crippen LogP contribution >= 0.6 is 23.4 Å². The van der Waals surface area contributed by atoms with Gasteiger partial charge in [-0.15, -0.1) is 0 Å². The van der Waals surface area contributed by atoms with Gasteiger partial charge in [0.05, 0.1) is 11.2 Å². The summed E-state index contributed by atoms with van der Waals surface area (Å²) in [5, 5.41) is 5.47. The van der Waals surface area contributed by atoms with Gasteiger partial charge >= 0.3 is 0 Å². The number of anilines is 1. The van der Waals surface area contributed by atoms with Gasteiger partial charge in [0, 0.05) is 22.6 Å². The molecule has 4 heteroatoms. The normalized spacial score (nSPS) is 16.9. The summed E-state index contributed by atoms with van der Waals surface area (Å²) in [4.78, 5) is 4.46. The maximum atomic E-state index is 6.17. The van der Waals surface area contributed by atoms with Gasteiger partial charge in [-0.1, -0.05) is 17.7 Å². The van der Waals surface area contributed by atoms with Crippen LogP contribution in [-0.4, -0.2) is 22.5 Å². The molecule has 0 atom stereocenters. The first-order valence-electron chi connectivity index (χ1n) is 6.21. The molecule has 1 aromatic carbocycles. The molecule has 0 unspecified atom stereocenters. The smallest absolute Gasteiger partial charge is 0.0934 e. The van der Waals surface area contributed by atoms with Gasteiger partial charge in [-0.3, -0.25) is 4.98 Å². The van der Waals surface area contributed by atoms with Gasteiger partial charge in [0.2, 0.25) is 0 Å². The molecule has 18 heavy (non-hydrogen) atoms. The Labute approximate surface area is 116 Å². The lowest BCUT2D eigenvalue weighted by atomic mass is 10.1. The number of nitrogens with one attached hydrogen (secondary N) is 1. The second-order valence-electron chi connectivity index (χ2n) is 4.56. The molecule has 0 spiro atoms. The number of aromatic nitrogens is 1. The van der Waals surface area contributed by atoms with Crippen molar-refractivity contribution in [1.29, 1.82) is 0 Å². The minimum Gasteiger partial charge on any atom is -0.380 e. The van der Waals surface area contributed by atoms with Gasteiger partial charge in [0.1, 0.15) is 0 Å². The van der Waals surface area contributed by atoms with Crippen molar-refractivity contribution in [3.8, 4) is 0 Å². The second-order valence-corrected chi connectivity index (χ2v) is 6.22. The largest absolute Gasteiger partial charge is 0.380 e.